The number of hydrogen-bond donors (Lipinski definition) is 2. The highest BCUT2D eigenvalue weighted by Crippen LogP contribution is 2.28. The first kappa shape index (κ1) is 14.9. The number of nitrogens with one attached hydrogen (secondary N) is 1. The number of amides is 1. The van der Waals surface area contributed by atoms with Crippen LogP contribution in [0.15, 0.2) is 24.5 Å². The van der Waals surface area contributed by atoms with Crippen molar-refractivity contribution in [3.05, 3.63) is 35.8 Å². The molecule has 0 fully saturated rings. The molecule has 2 heterocycles. The van der Waals surface area contributed by atoms with Gasteiger partial charge in [-0.05, 0) is 12.1 Å². The van der Waals surface area contributed by atoms with Crippen LogP contribution in [0.25, 0.3) is 5.82 Å². The molecule has 0 atom stereocenters. The molecular weight excluding hydrogens is 289 g/mol. The lowest BCUT2D eigenvalue weighted by atomic mass is 10.3. The number of rotatable bonds is 4. The number of halogens is 3. The van der Waals surface area contributed by atoms with Crippen LogP contribution in [0.1, 0.15) is 16.1 Å². The van der Waals surface area contributed by atoms with Crippen LogP contribution in [0, 0.1) is 0 Å². The standard InChI is InChI=1S/C11H11F3N6O/c12-11(13,14)7-1-2-9(17-5-7)20-6-8(18-19-20)10(21)16-4-3-15/h1-2,5-6H,3-4,15H2,(H,16,21). The second kappa shape index (κ2) is 5.87. The molecule has 2 aromatic rings. The van der Waals surface area contributed by atoms with Crippen molar-refractivity contribution < 1.29 is 18.0 Å². The highest BCUT2D eigenvalue weighted by atomic mass is 19.4. The van der Waals surface area contributed by atoms with E-state index in [0.717, 1.165) is 16.8 Å². The molecule has 0 spiro atoms. The van der Waals surface area contributed by atoms with Crippen LogP contribution in [0.4, 0.5) is 13.2 Å². The second-order valence-electron chi connectivity index (χ2n) is 4.00. The third-order valence-corrected chi connectivity index (χ3v) is 2.47. The first-order chi connectivity index (χ1) is 9.91. The average molecular weight is 300 g/mol. The molecule has 0 unspecified atom stereocenters. The molecule has 3 N–H and O–H groups in total. The van der Waals surface area contributed by atoms with Crippen molar-refractivity contribution in [3.63, 3.8) is 0 Å². The van der Waals surface area contributed by atoms with E-state index in [-0.39, 0.29) is 24.6 Å². The Balaban J connectivity index is 2.16. The quantitative estimate of drug-likeness (QED) is 0.850. The fraction of sp³-hybridized carbons (Fsp3) is 0.273. The molecule has 0 saturated heterocycles. The summed E-state index contributed by atoms with van der Waals surface area (Å²) in [5.41, 5.74) is 4.39. The summed E-state index contributed by atoms with van der Waals surface area (Å²) in [5, 5.41) is 9.75. The van der Waals surface area contributed by atoms with Gasteiger partial charge in [0.15, 0.2) is 11.5 Å². The maximum atomic E-state index is 12.4. The monoisotopic (exact) mass is 300 g/mol. The summed E-state index contributed by atoms with van der Waals surface area (Å²) >= 11 is 0. The topological polar surface area (TPSA) is 98.7 Å². The maximum absolute atomic E-state index is 12.4. The van der Waals surface area contributed by atoms with E-state index >= 15 is 0 Å². The third-order valence-electron chi connectivity index (χ3n) is 2.47. The van der Waals surface area contributed by atoms with Crippen molar-refractivity contribution in [2.75, 3.05) is 13.1 Å². The molecule has 112 valence electrons. The molecular formula is C11H11F3N6O. The zero-order chi connectivity index (χ0) is 15.5. The van der Waals surface area contributed by atoms with E-state index in [4.69, 9.17) is 5.73 Å². The van der Waals surface area contributed by atoms with Gasteiger partial charge in [0, 0.05) is 19.3 Å². The number of aromatic nitrogens is 4. The van der Waals surface area contributed by atoms with Gasteiger partial charge in [-0.3, -0.25) is 4.79 Å². The lowest BCUT2D eigenvalue weighted by molar-refractivity contribution is -0.137. The van der Waals surface area contributed by atoms with Gasteiger partial charge in [-0.15, -0.1) is 5.10 Å². The van der Waals surface area contributed by atoms with Gasteiger partial charge < -0.3 is 11.1 Å². The normalized spacial score (nSPS) is 11.4. The summed E-state index contributed by atoms with van der Waals surface area (Å²) in [7, 11) is 0. The Bertz CT molecular complexity index is 622. The van der Waals surface area contributed by atoms with Crippen molar-refractivity contribution in [2.45, 2.75) is 6.18 Å². The Labute approximate surface area is 117 Å². The third kappa shape index (κ3) is 3.54. The lowest BCUT2D eigenvalue weighted by Gasteiger charge is -2.06. The molecule has 0 aliphatic heterocycles. The van der Waals surface area contributed by atoms with Crippen molar-refractivity contribution in [3.8, 4) is 5.82 Å². The molecule has 0 aliphatic carbocycles. The molecule has 0 aliphatic rings. The van der Waals surface area contributed by atoms with Crippen molar-refractivity contribution >= 4 is 5.91 Å². The number of nitrogens with zero attached hydrogens (tertiary/aromatic N) is 4. The number of alkyl halides is 3. The molecule has 0 radical (unpaired) electrons. The van der Waals surface area contributed by atoms with E-state index < -0.39 is 17.6 Å². The van der Waals surface area contributed by atoms with Gasteiger partial charge in [-0.2, -0.15) is 13.2 Å². The number of nitrogens with two attached hydrogens (primary N) is 1. The van der Waals surface area contributed by atoms with Gasteiger partial charge in [0.1, 0.15) is 0 Å². The Morgan fingerprint density at radius 2 is 2.14 bits per heavy atom. The molecule has 10 heteroatoms. The minimum absolute atomic E-state index is 0.0187. The van der Waals surface area contributed by atoms with E-state index in [2.05, 4.69) is 20.6 Å². The van der Waals surface area contributed by atoms with Gasteiger partial charge in [0.05, 0.1) is 11.8 Å². The first-order valence-electron chi connectivity index (χ1n) is 5.86. The molecule has 21 heavy (non-hydrogen) atoms. The Kier molecular flexibility index (Phi) is 4.17. The molecule has 2 rings (SSSR count). The highest BCUT2D eigenvalue weighted by Gasteiger charge is 2.30. The van der Waals surface area contributed by atoms with Crippen molar-refractivity contribution in [1.82, 2.24) is 25.3 Å². The van der Waals surface area contributed by atoms with Gasteiger partial charge >= 0.3 is 6.18 Å². The Morgan fingerprint density at radius 1 is 1.38 bits per heavy atom. The van der Waals surface area contributed by atoms with Crippen LogP contribution in [0.3, 0.4) is 0 Å². The van der Waals surface area contributed by atoms with Gasteiger partial charge in [0.2, 0.25) is 0 Å². The van der Waals surface area contributed by atoms with E-state index in [1.807, 2.05) is 0 Å². The summed E-state index contributed by atoms with van der Waals surface area (Å²) in [6, 6.07) is 2.01. The van der Waals surface area contributed by atoms with Crippen LogP contribution >= 0.6 is 0 Å². The predicted molar refractivity (Wildman–Crippen MR) is 65.5 cm³/mol. The largest absolute Gasteiger partial charge is 0.417 e. The molecule has 7 nitrogen and oxygen atoms in total. The smallest absolute Gasteiger partial charge is 0.349 e. The van der Waals surface area contributed by atoms with Crippen molar-refractivity contribution in [1.29, 1.82) is 0 Å². The minimum atomic E-state index is -4.46. The molecule has 0 aromatic carbocycles. The van der Waals surface area contributed by atoms with E-state index in [1.54, 1.807) is 0 Å². The molecule has 0 saturated carbocycles. The Hall–Kier alpha value is -2.49. The van der Waals surface area contributed by atoms with Crippen LogP contribution in [0.5, 0.6) is 0 Å². The summed E-state index contributed by atoms with van der Waals surface area (Å²) in [4.78, 5) is 15.2. The summed E-state index contributed by atoms with van der Waals surface area (Å²) in [5.74, 6) is -0.355. The van der Waals surface area contributed by atoms with Crippen LogP contribution < -0.4 is 11.1 Å². The maximum Gasteiger partial charge on any atom is 0.417 e. The van der Waals surface area contributed by atoms with Crippen LogP contribution in [-0.4, -0.2) is 39.0 Å². The summed E-state index contributed by atoms with van der Waals surface area (Å²) in [6.07, 6.45) is -2.51. The van der Waals surface area contributed by atoms with E-state index in [1.165, 1.54) is 6.20 Å². The SMILES string of the molecule is NCCNC(=O)c1cn(-c2ccc(C(F)(F)F)cn2)nn1. The average Bonchev–Trinajstić information content (AvgIpc) is 2.94. The zero-order valence-corrected chi connectivity index (χ0v) is 10.6. The molecule has 1 amide bonds. The number of carbonyl (C=O) groups is 1. The minimum Gasteiger partial charge on any atom is -0.349 e. The van der Waals surface area contributed by atoms with Crippen molar-refractivity contribution in [2.24, 2.45) is 5.73 Å². The number of hydrogen-bond acceptors (Lipinski definition) is 5. The summed E-state index contributed by atoms with van der Waals surface area (Å²) < 4.78 is 38.3. The molecule has 0 bridgehead atoms. The van der Waals surface area contributed by atoms with Crippen LogP contribution in [-0.2, 0) is 6.18 Å². The highest BCUT2D eigenvalue weighted by molar-refractivity contribution is 5.91. The summed E-state index contributed by atoms with van der Waals surface area (Å²) in [6.45, 7) is 0.560. The molecule has 2 aromatic heterocycles. The zero-order valence-electron chi connectivity index (χ0n) is 10.6. The number of pyridine rings is 1. The first-order valence-corrected chi connectivity index (χ1v) is 5.86. The predicted octanol–water partition coefficient (Wildman–Crippen LogP) is 0.370. The van der Waals surface area contributed by atoms with Gasteiger partial charge in [-0.1, -0.05) is 5.21 Å². The number of carbonyl (C=O) groups excluding carboxylic acids is 1. The second-order valence-corrected chi connectivity index (χ2v) is 4.00. The fourth-order valence-electron chi connectivity index (χ4n) is 1.45. The van der Waals surface area contributed by atoms with Crippen LogP contribution in [0.2, 0.25) is 0 Å². The lowest BCUT2D eigenvalue weighted by Crippen LogP contribution is -2.29. The van der Waals surface area contributed by atoms with E-state index in [9.17, 15) is 18.0 Å². The Morgan fingerprint density at radius 3 is 2.71 bits per heavy atom. The fourth-order valence-corrected chi connectivity index (χ4v) is 1.45. The van der Waals surface area contributed by atoms with Gasteiger partial charge in [-0.25, -0.2) is 9.67 Å². The van der Waals surface area contributed by atoms with E-state index in [0.29, 0.717) is 6.20 Å². The van der Waals surface area contributed by atoms with Gasteiger partial charge in [0.25, 0.3) is 5.91 Å².